The van der Waals surface area contributed by atoms with Gasteiger partial charge in [0.05, 0.1) is 0 Å². The smallest absolute Gasteiger partial charge is 0.221 e. The molecule has 2 unspecified atom stereocenters. The van der Waals surface area contributed by atoms with Crippen LogP contribution in [0.3, 0.4) is 0 Å². The van der Waals surface area contributed by atoms with E-state index in [4.69, 9.17) is 0 Å². The van der Waals surface area contributed by atoms with Crippen LogP contribution in [0.1, 0.15) is 25.3 Å². The van der Waals surface area contributed by atoms with Gasteiger partial charge in [-0.25, -0.2) is 8.78 Å². The summed E-state index contributed by atoms with van der Waals surface area (Å²) < 4.78 is 27.3. The lowest BCUT2D eigenvalue weighted by atomic mass is 9.92. The first kappa shape index (κ1) is 18.3. The molecule has 1 N–H and O–H groups in total. The molecule has 1 aromatic carbocycles. The van der Waals surface area contributed by atoms with Gasteiger partial charge in [0.1, 0.15) is 11.6 Å². The van der Waals surface area contributed by atoms with Crippen LogP contribution in [0.4, 0.5) is 8.78 Å². The second kappa shape index (κ2) is 7.38. The summed E-state index contributed by atoms with van der Waals surface area (Å²) in [5.74, 6) is -0.803. The highest BCUT2D eigenvalue weighted by Crippen LogP contribution is 2.54. The number of likely N-dealkylation sites (N-methyl/N-ethyl adjacent to an activating group) is 1. The van der Waals surface area contributed by atoms with Crippen LogP contribution >= 0.6 is 0 Å². The Kier molecular flexibility index (Phi) is 5.39. The summed E-state index contributed by atoms with van der Waals surface area (Å²) in [7, 11) is 2.11. The normalized spacial score (nSPS) is 27.3. The number of rotatable bonds is 6. The molecular weight excluding hydrogens is 324 g/mol. The van der Waals surface area contributed by atoms with Crippen LogP contribution < -0.4 is 5.32 Å². The Hall–Kier alpha value is -1.53. The second-order valence-electron chi connectivity index (χ2n) is 7.56. The number of benzene rings is 1. The van der Waals surface area contributed by atoms with Crippen molar-refractivity contribution in [3.05, 3.63) is 35.4 Å². The van der Waals surface area contributed by atoms with E-state index in [1.54, 1.807) is 0 Å². The van der Waals surface area contributed by atoms with E-state index in [2.05, 4.69) is 22.2 Å². The standard InChI is InChI=1S/C19H27F2N3O/c1-14-12-19(14,16-4-3-15(20)11-17(16)21)13-22-18(25)5-6-24-9-7-23(2)8-10-24/h3-4,11,14H,5-10,12-13H2,1-2H3,(H,22,25). The number of hydrogen-bond donors (Lipinski definition) is 1. The summed E-state index contributed by atoms with van der Waals surface area (Å²) in [6.07, 6.45) is 1.27. The molecule has 25 heavy (non-hydrogen) atoms. The predicted octanol–water partition coefficient (Wildman–Crippen LogP) is 2.00. The molecule has 6 heteroatoms. The predicted molar refractivity (Wildman–Crippen MR) is 93.4 cm³/mol. The number of piperazine rings is 1. The molecule has 1 saturated heterocycles. The Balaban J connectivity index is 1.50. The molecule has 0 spiro atoms. The van der Waals surface area contributed by atoms with Crippen LogP contribution in [0.15, 0.2) is 18.2 Å². The number of halogens is 2. The third-order valence-electron chi connectivity index (χ3n) is 5.77. The van der Waals surface area contributed by atoms with Crippen molar-refractivity contribution < 1.29 is 13.6 Å². The number of carbonyl (C=O) groups is 1. The Bertz CT molecular complexity index is 631. The van der Waals surface area contributed by atoms with E-state index in [1.165, 1.54) is 12.1 Å². The molecular formula is C19H27F2N3O. The molecule has 3 rings (SSSR count). The molecule has 0 radical (unpaired) electrons. The summed E-state index contributed by atoms with van der Waals surface area (Å²) in [5, 5.41) is 2.97. The molecule has 138 valence electrons. The SMILES string of the molecule is CC1CC1(CNC(=O)CCN1CCN(C)CC1)c1ccc(F)cc1F. The van der Waals surface area contributed by atoms with Gasteiger partial charge in [-0.05, 0) is 31.0 Å². The summed E-state index contributed by atoms with van der Waals surface area (Å²) >= 11 is 0. The zero-order valence-electron chi connectivity index (χ0n) is 15.0. The lowest BCUT2D eigenvalue weighted by Gasteiger charge is -2.32. The van der Waals surface area contributed by atoms with Crippen LogP contribution in [0, 0.1) is 17.6 Å². The van der Waals surface area contributed by atoms with Gasteiger partial charge in [0.2, 0.25) is 5.91 Å². The number of carbonyl (C=O) groups excluding carboxylic acids is 1. The van der Waals surface area contributed by atoms with Gasteiger partial charge in [-0.15, -0.1) is 0 Å². The minimum absolute atomic E-state index is 0.0000714. The van der Waals surface area contributed by atoms with Gasteiger partial charge in [-0.2, -0.15) is 0 Å². The molecule has 4 nitrogen and oxygen atoms in total. The summed E-state index contributed by atoms with van der Waals surface area (Å²) in [5.41, 5.74) is 0.127. The monoisotopic (exact) mass is 351 g/mol. The van der Waals surface area contributed by atoms with Crippen molar-refractivity contribution in [2.75, 3.05) is 46.3 Å². The molecule has 1 aliphatic carbocycles. The van der Waals surface area contributed by atoms with Gasteiger partial charge in [0, 0.05) is 57.2 Å². The second-order valence-corrected chi connectivity index (χ2v) is 7.56. The fourth-order valence-corrected chi connectivity index (χ4v) is 3.77. The minimum Gasteiger partial charge on any atom is -0.355 e. The van der Waals surface area contributed by atoms with Gasteiger partial charge >= 0.3 is 0 Å². The van der Waals surface area contributed by atoms with Crippen LogP contribution in [-0.4, -0.2) is 62.0 Å². The zero-order valence-corrected chi connectivity index (χ0v) is 15.0. The average molecular weight is 351 g/mol. The van der Waals surface area contributed by atoms with E-state index < -0.39 is 11.6 Å². The number of nitrogens with zero attached hydrogens (tertiary/aromatic N) is 2. The Morgan fingerprint density at radius 3 is 2.56 bits per heavy atom. The molecule has 1 aromatic rings. The zero-order chi connectivity index (χ0) is 18.0. The van der Waals surface area contributed by atoms with E-state index >= 15 is 0 Å². The van der Waals surface area contributed by atoms with Crippen molar-refractivity contribution in [2.24, 2.45) is 5.92 Å². The summed E-state index contributed by atoms with van der Waals surface area (Å²) in [4.78, 5) is 16.8. The first-order valence-corrected chi connectivity index (χ1v) is 9.04. The molecule has 2 aliphatic rings. The molecule has 0 bridgehead atoms. The lowest BCUT2D eigenvalue weighted by molar-refractivity contribution is -0.121. The fourth-order valence-electron chi connectivity index (χ4n) is 3.77. The topological polar surface area (TPSA) is 35.6 Å². The highest BCUT2D eigenvalue weighted by Gasteiger charge is 2.53. The van der Waals surface area contributed by atoms with Crippen LogP contribution in [0.5, 0.6) is 0 Å². The van der Waals surface area contributed by atoms with Gasteiger partial charge < -0.3 is 15.1 Å². The third-order valence-corrected chi connectivity index (χ3v) is 5.77. The first-order chi connectivity index (χ1) is 11.9. The summed E-state index contributed by atoms with van der Waals surface area (Å²) in [6.45, 7) is 7.26. The molecule has 1 amide bonds. The van der Waals surface area contributed by atoms with Crippen LogP contribution in [0.2, 0.25) is 0 Å². The molecule has 1 saturated carbocycles. The van der Waals surface area contributed by atoms with Crippen molar-refractivity contribution in [2.45, 2.75) is 25.2 Å². The average Bonchev–Trinajstić information content (AvgIpc) is 3.23. The first-order valence-electron chi connectivity index (χ1n) is 9.04. The molecule has 0 aromatic heterocycles. The van der Waals surface area contributed by atoms with Crippen molar-refractivity contribution in [1.82, 2.24) is 15.1 Å². The van der Waals surface area contributed by atoms with E-state index in [9.17, 15) is 13.6 Å². The Morgan fingerprint density at radius 1 is 1.28 bits per heavy atom. The fraction of sp³-hybridized carbons (Fsp3) is 0.632. The van der Waals surface area contributed by atoms with Gasteiger partial charge in [-0.3, -0.25) is 4.79 Å². The van der Waals surface area contributed by atoms with E-state index in [0.29, 0.717) is 18.5 Å². The van der Waals surface area contributed by atoms with Crippen molar-refractivity contribution >= 4 is 5.91 Å². The maximum Gasteiger partial charge on any atom is 0.221 e. The number of nitrogens with one attached hydrogen (secondary N) is 1. The maximum atomic E-state index is 14.1. The van der Waals surface area contributed by atoms with Crippen LogP contribution in [0.25, 0.3) is 0 Å². The number of hydrogen-bond acceptors (Lipinski definition) is 3. The molecule has 2 atom stereocenters. The highest BCUT2D eigenvalue weighted by molar-refractivity contribution is 5.76. The Morgan fingerprint density at radius 2 is 1.96 bits per heavy atom. The van der Waals surface area contributed by atoms with Gasteiger partial charge in [-0.1, -0.05) is 13.0 Å². The molecule has 2 fully saturated rings. The lowest BCUT2D eigenvalue weighted by Crippen LogP contribution is -2.45. The number of amides is 1. The largest absolute Gasteiger partial charge is 0.355 e. The van der Waals surface area contributed by atoms with Gasteiger partial charge in [0.25, 0.3) is 0 Å². The quantitative estimate of drug-likeness (QED) is 0.852. The Labute approximate surface area is 148 Å². The van der Waals surface area contributed by atoms with Gasteiger partial charge in [0.15, 0.2) is 0 Å². The van der Waals surface area contributed by atoms with E-state index in [1.807, 2.05) is 6.92 Å². The van der Waals surface area contributed by atoms with Crippen LogP contribution in [-0.2, 0) is 10.2 Å². The van der Waals surface area contributed by atoms with Crippen molar-refractivity contribution in [3.63, 3.8) is 0 Å². The van der Waals surface area contributed by atoms with Crippen molar-refractivity contribution in [1.29, 1.82) is 0 Å². The van der Waals surface area contributed by atoms with E-state index in [0.717, 1.165) is 45.2 Å². The van der Waals surface area contributed by atoms with E-state index in [-0.39, 0.29) is 17.2 Å². The van der Waals surface area contributed by atoms with Crippen molar-refractivity contribution in [3.8, 4) is 0 Å². The molecule has 1 heterocycles. The maximum absolute atomic E-state index is 14.1. The molecule has 1 aliphatic heterocycles. The highest BCUT2D eigenvalue weighted by atomic mass is 19.1. The minimum atomic E-state index is -0.569. The summed E-state index contributed by atoms with van der Waals surface area (Å²) in [6, 6.07) is 3.74. The third kappa shape index (κ3) is 4.18.